The lowest BCUT2D eigenvalue weighted by molar-refractivity contribution is -0.131. The number of carbonyl (C=O) groups is 1. The molecule has 0 heterocycles. The average Bonchev–Trinajstić information content (AvgIpc) is 3.28. The second-order valence-corrected chi connectivity index (χ2v) is 6.00. The topological polar surface area (TPSA) is 29.5 Å². The summed E-state index contributed by atoms with van der Waals surface area (Å²) in [5, 5.41) is 0. The van der Waals surface area contributed by atoms with Gasteiger partial charge in [-0.15, -0.1) is 0 Å². The van der Waals surface area contributed by atoms with E-state index in [1.807, 2.05) is 36.1 Å². The number of aryl methyl sites for hydroxylation is 1. The van der Waals surface area contributed by atoms with Gasteiger partial charge in [-0.25, -0.2) is 0 Å². The van der Waals surface area contributed by atoms with E-state index in [1.165, 1.54) is 12.8 Å². The Kier molecular flexibility index (Phi) is 6.09. The van der Waals surface area contributed by atoms with Crippen molar-refractivity contribution < 1.29 is 9.53 Å². The van der Waals surface area contributed by atoms with Crippen molar-refractivity contribution in [2.45, 2.75) is 46.0 Å². The van der Waals surface area contributed by atoms with Crippen molar-refractivity contribution in [1.29, 1.82) is 0 Å². The molecular weight excluding hydrogens is 262 g/mol. The third kappa shape index (κ3) is 5.41. The Morgan fingerprint density at radius 1 is 1.33 bits per heavy atom. The van der Waals surface area contributed by atoms with Gasteiger partial charge in [-0.2, -0.15) is 0 Å². The fourth-order valence-electron chi connectivity index (χ4n) is 2.48. The molecule has 0 N–H and O–H groups in total. The van der Waals surface area contributed by atoms with Crippen molar-refractivity contribution in [3.8, 4) is 5.75 Å². The molecule has 0 saturated heterocycles. The Hall–Kier alpha value is -1.51. The number of nitrogens with zero attached hydrogens (tertiary/aromatic N) is 1. The first kappa shape index (κ1) is 15.9. The van der Waals surface area contributed by atoms with E-state index >= 15 is 0 Å². The van der Waals surface area contributed by atoms with Gasteiger partial charge >= 0.3 is 0 Å². The first-order valence-electron chi connectivity index (χ1n) is 8.17. The summed E-state index contributed by atoms with van der Waals surface area (Å²) in [6.07, 6.45) is 5.02. The van der Waals surface area contributed by atoms with Gasteiger partial charge in [-0.1, -0.05) is 25.1 Å². The Balaban J connectivity index is 1.68. The molecule has 1 aromatic carbocycles. The monoisotopic (exact) mass is 289 g/mol. The lowest BCUT2D eigenvalue weighted by atomic mass is 10.2. The Bertz CT molecular complexity index is 454. The summed E-state index contributed by atoms with van der Waals surface area (Å²) in [6, 6.07) is 8.01. The summed E-state index contributed by atoms with van der Waals surface area (Å²) in [7, 11) is 0. The Labute approximate surface area is 128 Å². The zero-order valence-electron chi connectivity index (χ0n) is 13.3. The average molecular weight is 289 g/mol. The van der Waals surface area contributed by atoms with Crippen LogP contribution in [0.3, 0.4) is 0 Å². The van der Waals surface area contributed by atoms with Gasteiger partial charge in [0.1, 0.15) is 5.75 Å². The van der Waals surface area contributed by atoms with E-state index < -0.39 is 0 Å². The van der Waals surface area contributed by atoms with Crippen LogP contribution in [-0.4, -0.2) is 30.5 Å². The summed E-state index contributed by atoms with van der Waals surface area (Å²) in [4.78, 5) is 14.3. The maximum atomic E-state index is 12.2. The summed E-state index contributed by atoms with van der Waals surface area (Å²) < 4.78 is 5.75. The standard InChI is InChI=1S/C18H27NO2/c1-3-12-19(14-16-10-11-16)18(20)9-6-13-21-17-8-5-4-7-15(17)2/h4-5,7-8,16H,3,6,9-14H2,1-2H3. The summed E-state index contributed by atoms with van der Waals surface area (Å²) in [5.74, 6) is 1.98. The third-order valence-electron chi connectivity index (χ3n) is 3.91. The van der Waals surface area contributed by atoms with Gasteiger partial charge in [-0.3, -0.25) is 4.79 Å². The highest BCUT2D eigenvalue weighted by molar-refractivity contribution is 5.76. The fourth-order valence-corrected chi connectivity index (χ4v) is 2.48. The van der Waals surface area contributed by atoms with E-state index in [0.29, 0.717) is 13.0 Å². The lowest BCUT2D eigenvalue weighted by Crippen LogP contribution is -2.33. The SMILES string of the molecule is CCCN(CC1CC1)C(=O)CCCOc1ccccc1C. The molecule has 1 amide bonds. The van der Waals surface area contributed by atoms with Crippen molar-refractivity contribution in [2.24, 2.45) is 5.92 Å². The van der Waals surface area contributed by atoms with Crippen LogP contribution >= 0.6 is 0 Å². The molecule has 0 aliphatic heterocycles. The molecule has 1 saturated carbocycles. The van der Waals surface area contributed by atoms with E-state index in [0.717, 1.165) is 43.2 Å². The molecule has 21 heavy (non-hydrogen) atoms. The van der Waals surface area contributed by atoms with Gasteiger partial charge < -0.3 is 9.64 Å². The van der Waals surface area contributed by atoms with Gasteiger partial charge in [0.15, 0.2) is 0 Å². The molecule has 1 aliphatic carbocycles. The van der Waals surface area contributed by atoms with Crippen LogP contribution in [0.5, 0.6) is 5.75 Å². The zero-order valence-corrected chi connectivity index (χ0v) is 13.3. The van der Waals surface area contributed by atoms with E-state index in [2.05, 4.69) is 6.92 Å². The highest BCUT2D eigenvalue weighted by atomic mass is 16.5. The number of ether oxygens (including phenoxy) is 1. The Morgan fingerprint density at radius 2 is 2.10 bits per heavy atom. The number of para-hydroxylation sites is 1. The molecule has 0 aromatic heterocycles. The lowest BCUT2D eigenvalue weighted by Gasteiger charge is -2.22. The Morgan fingerprint density at radius 3 is 2.76 bits per heavy atom. The molecule has 116 valence electrons. The van der Waals surface area contributed by atoms with Crippen molar-refractivity contribution in [3.63, 3.8) is 0 Å². The van der Waals surface area contributed by atoms with Crippen LogP contribution in [0.2, 0.25) is 0 Å². The third-order valence-corrected chi connectivity index (χ3v) is 3.91. The largest absolute Gasteiger partial charge is 0.493 e. The van der Waals surface area contributed by atoms with Crippen molar-refractivity contribution >= 4 is 5.91 Å². The molecule has 0 unspecified atom stereocenters. The number of hydrogen-bond acceptors (Lipinski definition) is 2. The number of amides is 1. The van der Waals surface area contributed by atoms with E-state index in [4.69, 9.17) is 4.74 Å². The number of benzene rings is 1. The highest BCUT2D eigenvalue weighted by Crippen LogP contribution is 2.30. The van der Waals surface area contributed by atoms with Crippen molar-refractivity contribution in [2.75, 3.05) is 19.7 Å². The minimum atomic E-state index is 0.289. The summed E-state index contributed by atoms with van der Waals surface area (Å²) in [5.41, 5.74) is 1.14. The minimum Gasteiger partial charge on any atom is -0.493 e. The van der Waals surface area contributed by atoms with Crippen LogP contribution in [0.1, 0.15) is 44.6 Å². The van der Waals surface area contributed by atoms with Crippen LogP contribution < -0.4 is 4.74 Å². The van der Waals surface area contributed by atoms with Crippen LogP contribution in [0.4, 0.5) is 0 Å². The highest BCUT2D eigenvalue weighted by Gasteiger charge is 2.25. The zero-order chi connectivity index (χ0) is 15.1. The summed E-state index contributed by atoms with van der Waals surface area (Å²) >= 11 is 0. The van der Waals surface area contributed by atoms with E-state index in [9.17, 15) is 4.79 Å². The molecule has 0 radical (unpaired) electrons. The number of rotatable bonds is 9. The molecule has 0 atom stereocenters. The second kappa shape index (κ2) is 8.06. The molecule has 1 aromatic rings. The van der Waals surface area contributed by atoms with E-state index in [-0.39, 0.29) is 5.91 Å². The van der Waals surface area contributed by atoms with Crippen LogP contribution in [0.25, 0.3) is 0 Å². The molecule has 1 fully saturated rings. The maximum absolute atomic E-state index is 12.2. The molecule has 0 spiro atoms. The van der Waals surface area contributed by atoms with Gasteiger partial charge in [0.25, 0.3) is 0 Å². The normalized spacial score (nSPS) is 14.0. The predicted octanol–water partition coefficient (Wildman–Crippen LogP) is 3.80. The van der Waals surface area contributed by atoms with Gasteiger partial charge in [0, 0.05) is 19.5 Å². The van der Waals surface area contributed by atoms with E-state index in [1.54, 1.807) is 0 Å². The van der Waals surface area contributed by atoms with Gasteiger partial charge in [-0.05, 0) is 50.2 Å². The quantitative estimate of drug-likeness (QED) is 0.647. The second-order valence-electron chi connectivity index (χ2n) is 6.00. The van der Waals surface area contributed by atoms with Crippen LogP contribution in [0.15, 0.2) is 24.3 Å². The maximum Gasteiger partial charge on any atom is 0.222 e. The molecule has 3 heteroatoms. The first-order valence-corrected chi connectivity index (χ1v) is 8.17. The van der Waals surface area contributed by atoms with Crippen molar-refractivity contribution in [1.82, 2.24) is 4.90 Å². The van der Waals surface area contributed by atoms with Crippen LogP contribution in [-0.2, 0) is 4.79 Å². The fraction of sp³-hybridized carbons (Fsp3) is 0.611. The molecular formula is C18H27NO2. The predicted molar refractivity (Wildman–Crippen MR) is 85.5 cm³/mol. The van der Waals surface area contributed by atoms with Crippen LogP contribution in [0, 0.1) is 12.8 Å². The molecule has 1 aliphatic rings. The molecule has 0 bridgehead atoms. The smallest absolute Gasteiger partial charge is 0.222 e. The van der Waals surface area contributed by atoms with Gasteiger partial charge in [0.2, 0.25) is 5.91 Å². The molecule has 3 nitrogen and oxygen atoms in total. The number of hydrogen-bond donors (Lipinski definition) is 0. The summed E-state index contributed by atoms with van der Waals surface area (Å²) in [6.45, 7) is 6.65. The minimum absolute atomic E-state index is 0.289. The van der Waals surface area contributed by atoms with Crippen molar-refractivity contribution in [3.05, 3.63) is 29.8 Å². The number of carbonyl (C=O) groups excluding carboxylic acids is 1. The molecule has 2 rings (SSSR count). The van der Waals surface area contributed by atoms with Gasteiger partial charge in [0.05, 0.1) is 6.61 Å². The first-order chi connectivity index (χ1) is 10.2.